The first-order valence-electron chi connectivity index (χ1n) is 8.48. The second-order valence-corrected chi connectivity index (χ2v) is 7.64. The Bertz CT molecular complexity index is 1040. The third-order valence-corrected chi connectivity index (χ3v) is 5.43. The van der Waals surface area contributed by atoms with Gasteiger partial charge in [0, 0.05) is 23.6 Å². The molecule has 0 bridgehead atoms. The molecule has 1 heterocycles. The molecule has 6 heteroatoms. The fourth-order valence-corrected chi connectivity index (χ4v) is 3.53. The van der Waals surface area contributed by atoms with E-state index in [2.05, 4.69) is 4.98 Å². The maximum atomic E-state index is 13.1. The van der Waals surface area contributed by atoms with Crippen LogP contribution in [0.4, 0.5) is 4.39 Å². The van der Waals surface area contributed by atoms with Crippen LogP contribution in [-0.4, -0.2) is 20.6 Å². The van der Waals surface area contributed by atoms with Crippen LogP contribution in [0.5, 0.6) is 0 Å². The van der Waals surface area contributed by atoms with E-state index in [1.165, 1.54) is 41.2 Å². The molecule has 3 rings (SSSR count). The van der Waals surface area contributed by atoms with Crippen molar-refractivity contribution in [1.82, 2.24) is 9.55 Å². The molecule has 0 spiro atoms. The van der Waals surface area contributed by atoms with Crippen LogP contribution in [0, 0.1) is 19.7 Å². The largest absolute Gasteiger partial charge is 0.293 e. The van der Waals surface area contributed by atoms with Gasteiger partial charge in [-0.1, -0.05) is 23.9 Å². The monoisotopic (exact) mass is 382 g/mol. The van der Waals surface area contributed by atoms with E-state index in [4.69, 9.17) is 0 Å². The van der Waals surface area contributed by atoms with Crippen LogP contribution in [0.25, 0.3) is 5.69 Å². The van der Waals surface area contributed by atoms with Crippen molar-refractivity contribution in [2.45, 2.75) is 31.0 Å². The van der Waals surface area contributed by atoms with Crippen LogP contribution in [-0.2, 0) is 0 Å². The molecule has 0 aliphatic rings. The number of halogens is 1. The average molecular weight is 382 g/mol. The molecular formula is C21H19FN2O2S. The van der Waals surface area contributed by atoms with Gasteiger partial charge in [-0.15, -0.1) is 0 Å². The minimum atomic E-state index is -0.462. The predicted molar refractivity (Wildman–Crippen MR) is 105 cm³/mol. The SMILES string of the molecule is Cc1ccc(C(=O)[C@H](C)Sc2nccn(-c3ccc(F)cc3)c2=O)cc1C. The van der Waals surface area contributed by atoms with Gasteiger partial charge in [0.15, 0.2) is 10.8 Å². The van der Waals surface area contributed by atoms with Crippen molar-refractivity contribution in [3.63, 3.8) is 0 Å². The molecule has 0 N–H and O–H groups in total. The van der Waals surface area contributed by atoms with E-state index in [0.717, 1.165) is 22.9 Å². The summed E-state index contributed by atoms with van der Waals surface area (Å²) in [7, 11) is 0. The Balaban J connectivity index is 1.86. The van der Waals surface area contributed by atoms with Gasteiger partial charge < -0.3 is 0 Å². The lowest BCUT2D eigenvalue weighted by atomic mass is 10.0. The Kier molecular flexibility index (Phi) is 5.56. The third kappa shape index (κ3) is 4.17. The second kappa shape index (κ2) is 7.88. The molecule has 0 amide bonds. The summed E-state index contributed by atoms with van der Waals surface area (Å²) in [4.78, 5) is 29.6. The topological polar surface area (TPSA) is 52.0 Å². The minimum absolute atomic E-state index is 0.0542. The molecule has 3 aromatic rings. The molecule has 0 radical (unpaired) electrons. The number of rotatable bonds is 5. The number of Topliss-reactive ketones (excluding diaryl/α,β-unsaturated/α-hetero) is 1. The zero-order valence-electron chi connectivity index (χ0n) is 15.3. The van der Waals surface area contributed by atoms with Gasteiger partial charge in [-0.2, -0.15) is 0 Å². The number of hydrogen-bond donors (Lipinski definition) is 0. The summed E-state index contributed by atoms with van der Waals surface area (Å²) in [5, 5.41) is -0.233. The van der Waals surface area contributed by atoms with Gasteiger partial charge in [-0.05, 0) is 62.2 Å². The highest BCUT2D eigenvalue weighted by molar-refractivity contribution is 8.00. The Hall–Kier alpha value is -2.73. The average Bonchev–Trinajstić information content (AvgIpc) is 2.66. The molecule has 0 aliphatic heterocycles. The van der Waals surface area contributed by atoms with Gasteiger partial charge in [0.1, 0.15) is 5.82 Å². The van der Waals surface area contributed by atoms with E-state index in [9.17, 15) is 14.0 Å². The second-order valence-electron chi connectivity index (χ2n) is 6.31. The third-order valence-electron chi connectivity index (χ3n) is 4.36. The summed E-state index contributed by atoms with van der Waals surface area (Å²) < 4.78 is 14.5. The molecule has 0 saturated carbocycles. The molecule has 1 aromatic heterocycles. The van der Waals surface area contributed by atoms with E-state index in [-0.39, 0.29) is 22.2 Å². The lowest BCUT2D eigenvalue weighted by molar-refractivity contribution is 0.0994. The minimum Gasteiger partial charge on any atom is -0.293 e. The van der Waals surface area contributed by atoms with Gasteiger partial charge in [0.05, 0.1) is 5.25 Å². The molecule has 1 atom stereocenters. The van der Waals surface area contributed by atoms with E-state index >= 15 is 0 Å². The Morgan fingerprint density at radius 1 is 1.11 bits per heavy atom. The number of nitrogens with zero attached hydrogens (tertiary/aromatic N) is 2. The zero-order valence-corrected chi connectivity index (χ0v) is 16.1. The molecule has 0 aliphatic carbocycles. The van der Waals surface area contributed by atoms with Crippen molar-refractivity contribution in [3.05, 3.63) is 87.7 Å². The number of carbonyl (C=O) groups is 1. The van der Waals surface area contributed by atoms with E-state index < -0.39 is 5.25 Å². The van der Waals surface area contributed by atoms with Crippen LogP contribution in [0.1, 0.15) is 28.4 Å². The molecule has 138 valence electrons. The van der Waals surface area contributed by atoms with Crippen molar-refractivity contribution in [1.29, 1.82) is 0 Å². The van der Waals surface area contributed by atoms with Crippen molar-refractivity contribution >= 4 is 17.5 Å². The smallest absolute Gasteiger partial charge is 0.287 e. The summed E-state index contributed by atoms with van der Waals surface area (Å²) in [6.07, 6.45) is 3.02. The summed E-state index contributed by atoms with van der Waals surface area (Å²) in [5.41, 5.74) is 2.99. The molecular weight excluding hydrogens is 363 g/mol. The van der Waals surface area contributed by atoms with E-state index in [0.29, 0.717) is 11.3 Å². The number of aryl methyl sites for hydroxylation is 2. The summed E-state index contributed by atoms with van der Waals surface area (Å²) in [5.74, 6) is -0.426. The van der Waals surface area contributed by atoms with Gasteiger partial charge in [0.25, 0.3) is 5.56 Å². The predicted octanol–water partition coefficient (Wildman–Crippen LogP) is 4.35. The standard InChI is InChI=1S/C21H19FN2O2S/c1-13-4-5-16(12-14(13)2)19(25)15(3)27-20-21(26)24(11-10-23-20)18-8-6-17(22)7-9-18/h4-12,15H,1-3H3/t15-/m0/s1. The van der Waals surface area contributed by atoms with Crippen LogP contribution < -0.4 is 5.56 Å². The highest BCUT2D eigenvalue weighted by atomic mass is 32.2. The Morgan fingerprint density at radius 2 is 1.81 bits per heavy atom. The molecule has 0 fully saturated rings. The van der Waals surface area contributed by atoms with Crippen LogP contribution >= 0.6 is 11.8 Å². The van der Waals surface area contributed by atoms with Gasteiger partial charge in [-0.3, -0.25) is 14.2 Å². The van der Waals surface area contributed by atoms with Crippen molar-refractivity contribution in [2.75, 3.05) is 0 Å². The maximum Gasteiger partial charge on any atom is 0.287 e. The number of hydrogen-bond acceptors (Lipinski definition) is 4. The quantitative estimate of drug-likeness (QED) is 0.486. The highest BCUT2D eigenvalue weighted by Gasteiger charge is 2.20. The first-order valence-corrected chi connectivity index (χ1v) is 9.36. The number of carbonyl (C=O) groups excluding carboxylic acids is 1. The highest BCUT2D eigenvalue weighted by Crippen LogP contribution is 2.23. The maximum absolute atomic E-state index is 13.1. The number of benzene rings is 2. The van der Waals surface area contributed by atoms with Crippen LogP contribution in [0.2, 0.25) is 0 Å². The first-order chi connectivity index (χ1) is 12.9. The van der Waals surface area contributed by atoms with Gasteiger partial charge in [-0.25, -0.2) is 9.37 Å². The fraction of sp³-hybridized carbons (Fsp3) is 0.190. The summed E-state index contributed by atoms with van der Waals surface area (Å²) in [6, 6.07) is 11.2. The number of thioether (sulfide) groups is 1. The molecule has 0 saturated heterocycles. The van der Waals surface area contributed by atoms with Gasteiger partial charge >= 0.3 is 0 Å². The van der Waals surface area contributed by atoms with Crippen LogP contribution in [0.15, 0.2) is 64.7 Å². The summed E-state index contributed by atoms with van der Waals surface area (Å²) >= 11 is 1.13. The number of ketones is 1. The summed E-state index contributed by atoms with van der Waals surface area (Å²) in [6.45, 7) is 5.72. The molecule has 0 unspecified atom stereocenters. The van der Waals surface area contributed by atoms with E-state index in [1.54, 1.807) is 13.0 Å². The Labute approximate surface area is 161 Å². The Morgan fingerprint density at radius 3 is 2.48 bits per heavy atom. The molecule has 2 aromatic carbocycles. The lowest BCUT2D eigenvalue weighted by Crippen LogP contribution is -2.23. The normalized spacial score (nSPS) is 12.0. The van der Waals surface area contributed by atoms with Crippen molar-refractivity contribution in [2.24, 2.45) is 0 Å². The lowest BCUT2D eigenvalue weighted by Gasteiger charge is -2.12. The van der Waals surface area contributed by atoms with Gasteiger partial charge in [0.2, 0.25) is 0 Å². The fourth-order valence-electron chi connectivity index (χ4n) is 2.63. The number of aromatic nitrogens is 2. The zero-order chi connectivity index (χ0) is 19.6. The van der Waals surface area contributed by atoms with Crippen molar-refractivity contribution in [3.8, 4) is 5.69 Å². The van der Waals surface area contributed by atoms with Crippen molar-refractivity contribution < 1.29 is 9.18 Å². The first kappa shape index (κ1) is 19.0. The van der Waals surface area contributed by atoms with E-state index in [1.807, 2.05) is 26.0 Å². The molecule has 4 nitrogen and oxygen atoms in total. The van der Waals surface area contributed by atoms with Crippen LogP contribution in [0.3, 0.4) is 0 Å². The molecule has 27 heavy (non-hydrogen) atoms.